The Balaban J connectivity index is 1.57. The summed E-state index contributed by atoms with van der Waals surface area (Å²) in [7, 11) is 0. The van der Waals surface area contributed by atoms with E-state index in [9.17, 15) is 37.7 Å². The second-order valence-electron chi connectivity index (χ2n) is 9.03. The maximum atomic E-state index is 13.5. The lowest BCUT2D eigenvalue weighted by atomic mass is 9.99. The number of imide groups is 2. The number of nitrogens with zero attached hydrogens (tertiary/aromatic N) is 2. The van der Waals surface area contributed by atoms with Crippen LogP contribution in [-0.2, 0) is 22.4 Å². The van der Waals surface area contributed by atoms with E-state index in [4.69, 9.17) is 16.3 Å². The number of amides is 4. The van der Waals surface area contributed by atoms with Crippen molar-refractivity contribution in [2.75, 3.05) is 4.90 Å². The molecule has 0 unspecified atom stereocenters. The third kappa shape index (κ3) is 5.52. The fourth-order valence-corrected chi connectivity index (χ4v) is 4.51. The Morgan fingerprint density at radius 3 is 2.38 bits per heavy atom. The zero-order valence-electron chi connectivity index (χ0n) is 21.1. The van der Waals surface area contributed by atoms with Gasteiger partial charge in [0.05, 0.1) is 21.2 Å². The van der Waals surface area contributed by atoms with E-state index in [1.165, 1.54) is 30.3 Å². The summed E-state index contributed by atoms with van der Waals surface area (Å²) in [6.07, 6.45) is -3.60. The molecule has 0 saturated carbocycles. The highest BCUT2D eigenvalue weighted by molar-refractivity contribution is 6.42. The molecule has 4 aromatic rings. The molecule has 0 aromatic heterocycles. The number of barbiturate groups is 1. The topological polar surface area (TPSA) is 119 Å². The van der Waals surface area contributed by atoms with Crippen molar-refractivity contribution in [1.29, 1.82) is 0 Å². The maximum absolute atomic E-state index is 13.5. The van der Waals surface area contributed by atoms with Crippen LogP contribution in [0.25, 0.3) is 16.8 Å². The molecule has 13 heteroatoms. The molecule has 4 amide bonds. The monoisotopic (exact) mass is 595 g/mol. The molecule has 1 fully saturated rings. The summed E-state index contributed by atoms with van der Waals surface area (Å²) in [5.74, 6) is -2.04. The lowest BCUT2D eigenvalue weighted by molar-refractivity contribution is -0.384. The van der Waals surface area contributed by atoms with Crippen LogP contribution >= 0.6 is 11.6 Å². The smallest absolute Gasteiger partial charge is 0.416 e. The van der Waals surface area contributed by atoms with E-state index in [1.807, 2.05) is 5.32 Å². The zero-order valence-corrected chi connectivity index (χ0v) is 21.9. The Hall–Kier alpha value is -5.23. The molecule has 42 heavy (non-hydrogen) atoms. The van der Waals surface area contributed by atoms with E-state index < -0.39 is 45.8 Å². The SMILES string of the molecule is O=C1NC(=O)N(c2cc(C(F)(F)F)ccc2Cl)C(=O)/C1=C/c1c(OCc2ccc([N+](=O)[O-])cc2)ccc2ccccc12. The van der Waals surface area contributed by atoms with E-state index in [-0.39, 0.29) is 28.6 Å². The normalized spacial score (nSPS) is 14.8. The van der Waals surface area contributed by atoms with Gasteiger partial charge in [0.15, 0.2) is 0 Å². The first-order valence-electron chi connectivity index (χ1n) is 12.1. The average molecular weight is 596 g/mol. The van der Waals surface area contributed by atoms with Gasteiger partial charge in [-0.3, -0.25) is 25.0 Å². The molecular formula is C29H17ClF3N3O6. The first kappa shape index (κ1) is 28.3. The van der Waals surface area contributed by atoms with Gasteiger partial charge in [0.2, 0.25) is 0 Å². The lowest BCUT2D eigenvalue weighted by Crippen LogP contribution is -2.54. The largest absolute Gasteiger partial charge is 0.488 e. The molecule has 9 nitrogen and oxygen atoms in total. The van der Waals surface area contributed by atoms with E-state index in [0.717, 1.165) is 6.07 Å². The molecule has 0 atom stereocenters. The molecule has 1 saturated heterocycles. The Morgan fingerprint density at radius 2 is 1.69 bits per heavy atom. The van der Waals surface area contributed by atoms with Gasteiger partial charge in [0.25, 0.3) is 17.5 Å². The molecule has 0 spiro atoms. The molecule has 5 rings (SSSR count). The molecule has 4 aromatic carbocycles. The van der Waals surface area contributed by atoms with Gasteiger partial charge in [0, 0.05) is 17.7 Å². The number of benzene rings is 4. The maximum Gasteiger partial charge on any atom is 0.416 e. The summed E-state index contributed by atoms with van der Waals surface area (Å²) < 4.78 is 46.1. The van der Waals surface area contributed by atoms with Crippen LogP contribution in [-0.4, -0.2) is 22.8 Å². The molecule has 212 valence electrons. The molecule has 1 aliphatic heterocycles. The van der Waals surface area contributed by atoms with Gasteiger partial charge < -0.3 is 4.74 Å². The number of fused-ring (bicyclic) bond motifs is 1. The van der Waals surface area contributed by atoms with Gasteiger partial charge in [-0.15, -0.1) is 0 Å². The van der Waals surface area contributed by atoms with Crippen molar-refractivity contribution < 1.29 is 37.2 Å². The summed E-state index contributed by atoms with van der Waals surface area (Å²) in [6.45, 7) is -0.0307. The first-order valence-corrected chi connectivity index (χ1v) is 12.5. The van der Waals surface area contributed by atoms with Crippen LogP contribution in [0.2, 0.25) is 5.02 Å². The zero-order chi connectivity index (χ0) is 30.2. The van der Waals surface area contributed by atoms with Crippen LogP contribution in [0.15, 0.2) is 84.4 Å². The van der Waals surface area contributed by atoms with Crippen molar-refractivity contribution >= 4 is 57.7 Å². The van der Waals surface area contributed by atoms with Gasteiger partial charge in [0.1, 0.15) is 17.9 Å². The molecule has 0 radical (unpaired) electrons. The number of anilines is 1. The van der Waals surface area contributed by atoms with Crippen molar-refractivity contribution in [3.8, 4) is 5.75 Å². The second kappa shape index (κ2) is 11.0. The molecule has 0 aliphatic carbocycles. The Labute approximate surface area is 239 Å². The number of rotatable bonds is 6. The Bertz CT molecular complexity index is 1810. The highest BCUT2D eigenvalue weighted by Crippen LogP contribution is 2.37. The number of halogens is 4. The fourth-order valence-electron chi connectivity index (χ4n) is 4.31. The highest BCUT2D eigenvalue weighted by atomic mass is 35.5. The van der Waals surface area contributed by atoms with Crippen LogP contribution in [0.3, 0.4) is 0 Å². The molecular weight excluding hydrogens is 579 g/mol. The number of nitro groups is 1. The number of alkyl halides is 3. The predicted octanol–water partition coefficient (Wildman–Crippen LogP) is 6.67. The number of hydrogen-bond acceptors (Lipinski definition) is 6. The summed E-state index contributed by atoms with van der Waals surface area (Å²) in [6, 6.07) is 16.8. The van der Waals surface area contributed by atoms with Gasteiger partial charge in [-0.25, -0.2) is 9.69 Å². The van der Waals surface area contributed by atoms with Crippen LogP contribution in [0.4, 0.5) is 29.3 Å². The number of nitro benzene ring substituents is 1. The number of nitrogens with one attached hydrogen (secondary N) is 1. The van der Waals surface area contributed by atoms with E-state index in [2.05, 4.69) is 0 Å². The number of carbonyl (C=O) groups is 3. The number of carbonyl (C=O) groups excluding carboxylic acids is 3. The van der Waals surface area contributed by atoms with Gasteiger partial charge in [-0.05, 0) is 58.8 Å². The van der Waals surface area contributed by atoms with Crippen LogP contribution < -0.4 is 15.0 Å². The Kier molecular flexibility index (Phi) is 7.40. The fraction of sp³-hybridized carbons (Fsp3) is 0.0690. The minimum Gasteiger partial charge on any atom is -0.488 e. The first-order chi connectivity index (χ1) is 19.9. The average Bonchev–Trinajstić information content (AvgIpc) is 2.95. The Morgan fingerprint density at radius 1 is 0.976 bits per heavy atom. The van der Waals surface area contributed by atoms with Crippen molar-refractivity contribution in [2.45, 2.75) is 12.8 Å². The number of hydrogen-bond donors (Lipinski definition) is 1. The quantitative estimate of drug-likeness (QED) is 0.115. The second-order valence-corrected chi connectivity index (χ2v) is 9.44. The van der Waals surface area contributed by atoms with Crippen LogP contribution in [0.5, 0.6) is 5.75 Å². The number of non-ortho nitro benzene ring substituents is 1. The predicted molar refractivity (Wildman–Crippen MR) is 147 cm³/mol. The van der Waals surface area contributed by atoms with Crippen molar-refractivity contribution in [1.82, 2.24) is 5.32 Å². The van der Waals surface area contributed by atoms with E-state index in [0.29, 0.717) is 33.4 Å². The van der Waals surface area contributed by atoms with Gasteiger partial charge >= 0.3 is 12.2 Å². The molecule has 1 heterocycles. The summed E-state index contributed by atoms with van der Waals surface area (Å²) in [5, 5.41) is 13.9. The highest BCUT2D eigenvalue weighted by Gasteiger charge is 2.39. The van der Waals surface area contributed by atoms with Crippen LogP contribution in [0.1, 0.15) is 16.7 Å². The summed E-state index contributed by atoms with van der Waals surface area (Å²) in [4.78, 5) is 49.8. The lowest BCUT2D eigenvalue weighted by Gasteiger charge is -2.27. The minimum atomic E-state index is -4.79. The molecule has 1 N–H and O–H groups in total. The minimum absolute atomic E-state index is 0.0307. The van der Waals surface area contributed by atoms with Gasteiger partial charge in [-0.1, -0.05) is 41.9 Å². The van der Waals surface area contributed by atoms with Crippen molar-refractivity contribution in [3.05, 3.63) is 116 Å². The molecule has 1 aliphatic rings. The van der Waals surface area contributed by atoms with E-state index in [1.54, 1.807) is 36.4 Å². The van der Waals surface area contributed by atoms with Crippen molar-refractivity contribution in [2.24, 2.45) is 0 Å². The summed E-state index contributed by atoms with van der Waals surface area (Å²) in [5.41, 5.74) is -1.50. The third-order valence-electron chi connectivity index (χ3n) is 6.38. The van der Waals surface area contributed by atoms with Gasteiger partial charge in [-0.2, -0.15) is 13.2 Å². The number of ether oxygens (including phenoxy) is 1. The van der Waals surface area contributed by atoms with Crippen molar-refractivity contribution in [3.63, 3.8) is 0 Å². The molecule has 0 bridgehead atoms. The third-order valence-corrected chi connectivity index (χ3v) is 6.70. The van der Waals surface area contributed by atoms with E-state index >= 15 is 0 Å². The number of urea groups is 1. The van der Waals surface area contributed by atoms with Crippen LogP contribution in [0, 0.1) is 10.1 Å². The standard InChI is InChI=1S/C29H17ClF3N3O6/c30-23-11-8-18(29(31,32)33)13-24(23)35-27(38)22(26(37)34-28(35)39)14-21-20-4-2-1-3-17(20)7-12-25(21)42-15-16-5-9-19(10-6-16)36(40)41/h1-14H,15H2,(H,34,37,39)/b22-14+. The summed E-state index contributed by atoms with van der Waals surface area (Å²) >= 11 is 6.08.